The molecule has 0 aliphatic heterocycles. The first-order valence-electron chi connectivity index (χ1n) is 7.04. The summed E-state index contributed by atoms with van der Waals surface area (Å²) in [5.41, 5.74) is 0.929. The molecule has 0 saturated heterocycles. The fourth-order valence-corrected chi connectivity index (χ4v) is 3.90. The van der Waals surface area contributed by atoms with Crippen molar-refractivity contribution in [3.8, 4) is 0 Å². The fourth-order valence-electron chi connectivity index (χ4n) is 2.61. The second kappa shape index (κ2) is 5.89. The lowest BCUT2D eigenvalue weighted by Crippen LogP contribution is -2.26. The van der Waals surface area contributed by atoms with Crippen LogP contribution in [0.3, 0.4) is 0 Å². The summed E-state index contributed by atoms with van der Waals surface area (Å²) >= 11 is 13.1. The Morgan fingerprint density at radius 3 is 2.78 bits per heavy atom. The molecule has 0 bridgehead atoms. The number of amides is 1. The van der Waals surface area contributed by atoms with Gasteiger partial charge >= 0.3 is 0 Å². The van der Waals surface area contributed by atoms with Crippen molar-refractivity contribution >= 4 is 51.4 Å². The molecular formula is C16H14Cl2N2O2S. The number of fused-ring (bicyclic) bond motifs is 1. The van der Waals surface area contributed by atoms with Crippen LogP contribution in [0.1, 0.15) is 46.0 Å². The number of carbonyl (C=O) groups excluding carboxylic acids is 2. The van der Waals surface area contributed by atoms with Crippen LogP contribution in [0, 0.1) is 5.41 Å². The number of Topliss-reactive ketones (excluding diaryl/α,β-unsaturated/α-hetero) is 1. The molecule has 1 aromatic carbocycles. The Morgan fingerprint density at radius 1 is 1.30 bits per heavy atom. The Hall–Kier alpha value is -1.43. The SMILES string of the molecule is CC1(C)CC(=O)c2sc(NC(=O)c3cc(Cl)ccc3Cl)nc2C1. The van der Waals surface area contributed by atoms with E-state index in [1.807, 2.05) is 13.8 Å². The average molecular weight is 369 g/mol. The molecule has 1 heterocycles. The van der Waals surface area contributed by atoms with E-state index in [0.717, 1.165) is 12.1 Å². The van der Waals surface area contributed by atoms with Gasteiger partial charge in [-0.3, -0.25) is 14.9 Å². The van der Waals surface area contributed by atoms with Crippen molar-refractivity contribution in [2.24, 2.45) is 5.41 Å². The lowest BCUT2D eigenvalue weighted by molar-refractivity contribution is 0.0915. The third-order valence-corrected chi connectivity index (χ3v) is 5.25. The highest BCUT2D eigenvalue weighted by Gasteiger charge is 2.34. The first-order valence-corrected chi connectivity index (χ1v) is 8.62. The fraction of sp³-hybridized carbons (Fsp3) is 0.312. The molecule has 120 valence electrons. The molecule has 0 atom stereocenters. The first kappa shape index (κ1) is 16.4. The molecule has 23 heavy (non-hydrogen) atoms. The van der Waals surface area contributed by atoms with Crippen LogP contribution < -0.4 is 5.32 Å². The van der Waals surface area contributed by atoms with E-state index in [9.17, 15) is 9.59 Å². The van der Waals surface area contributed by atoms with Gasteiger partial charge in [-0.2, -0.15) is 0 Å². The minimum atomic E-state index is -0.393. The number of aromatic nitrogens is 1. The molecule has 0 radical (unpaired) electrons. The van der Waals surface area contributed by atoms with Gasteiger partial charge in [0.05, 0.1) is 21.2 Å². The third kappa shape index (κ3) is 3.42. The third-order valence-electron chi connectivity index (χ3n) is 3.63. The Morgan fingerprint density at radius 2 is 2.04 bits per heavy atom. The molecule has 0 saturated carbocycles. The van der Waals surface area contributed by atoms with Crippen LogP contribution in [-0.4, -0.2) is 16.7 Å². The van der Waals surface area contributed by atoms with Crippen molar-refractivity contribution in [3.63, 3.8) is 0 Å². The van der Waals surface area contributed by atoms with E-state index in [4.69, 9.17) is 23.2 Å². The monoisotopic (exact) mass is 368 g/mol. The van der Waals surface area contributed by atoms with Crippen molar-refractivity contribution in [1.82, 2.24) is 4.98 Å². The molecule has 1 aliphatic rings. The van der Waals surface area contributed by atoms with Crippen molar-refractivity contribution < 1.29 is 9.59 Å². The van der Waals surface area contributed by atoms with Crippen LogP contribution >= 0.6 is 34.5 Å². The minimum absolute atomic E-state index is 0.0787. The zero-order valence-electron chi connectivity index (χ0n) is 12.6. The smallest absolute Gasteiger partial charge is 0.259 e. The molecule has 0 unspecified atom stereocenters. The van der Waals surface area contributed by atoms with Gasteiger partial charge in [0, 0.05) is 11.4 Å². The van der Waals surface area contributed by atoms with Crippen LogP contribution in [0.2, 0.25) is 10.0 Å². The van der Waals surface area contributed by atoms with E-state index in [1.54, 1.807) is 12.1 Å². The Bertz CT molecular complexity index is 814. The number of nitrogens with one attached hydrogen (secondary N) is 1. The quantitative estimate of drug-likeness (QED) is 0.823. The van der Waals surface area contributed by atoms with Gasteiger partial charge in [0.25, 0.3) is 5.91 Å². The summed E-state index contributed by atoms with van der Waals surface area (Å²) < 4.78 is 0. The highest BCUT2D eigenvalue weighted by Crippen LogP contribution is 2.38. The van der Waals surface area contributed by atoms with Gasteiger partial charge < -0.3 is 0 Å². The molecular weight excluding hydrogens is 355 g/mol. The van der Waals surface area contributed by atoms with E-state index in [2.05, 4.69) is 10.3 Å². The Labute approximate surface area is 147 Å². The topological polar surface area (TPSA) is 59.1 Å². The van der Waals surface area contributed by atoms with Crippen molar-refractivity contribution in [1.29, 1.82) is 0 Å². The number of rotatable bonds is 2. The van der Waals surface area contributed by atoms with Gasteiger partial charge in [0.1, 0.15) is 0 Å². The van der Waals surface area contributed by atoms with Gasteiger partial charge in [-0.15, -0.1) is 0 Å². The predicted octanol–water partition coefficient (Wildman–Crippen LogP) is 4.86. The normalized spacial score (nSPS) is 16.1. The van der Waals surface area contributed by atoms with Crippen LogP contribution in [0.5, 0.6) is 0 Å². The summed E-state index contributed by atoms with van der Waals surface area (Å²) in [5, 5.41) is 3.85. The van der Waals surface area contributed by atoms with Gasteiger partial charge in [-0.05, 0) is 30.0 Å². The second-order valence-corrected chi connectivity index (χ2v) is 8.16. The van der Waals surface area contributed by atoms with Crippen molar-refractivity contribution in [3.05, 3.63) is 44.4 Å². The zero-order chi connectivity index (χ0) is 16.8. The number of anilines is 1. The Kier molecular flexibility index (Phi) is 4.21. The standard InChI is InChI=1S/C16H14Cl2N2O2S/c1-16(2)6-11-13(12(21)7-16)23-15(19-11)20-14(22)9-5-8(17)3-4-10(9)18/h3-5H,6-7H2,1-2H3,(H,19,20,22). The lowest BCUT2D eigenvalue weighted by atomic mass is 9.78. The summed E-state index contributed by atoms with van der Waals surface area (Å²) in [7, 11) is 0. The molecule has 1 aromatic heterocycles. The number of nitrogens with zero attached hydrogens (tertiary/aromatic N) is 1. The number of halogens is 2. The molecule has 7 heteroatoms. The summed E-state index contributed by atoms with van der Waals surface area (Å²) in [5.74, 6) is -0.314. The first-order chi connectivity index (χ1) is 10.7. The molecule has 3 rings (SSSR count). The predicted molar refractivity (Wildman–Crippen MR) is 93.0 cm³/mol. The Balaban J connectivity index is 1.86. The van der Waals surface area contributed by atoms with Crippen LogP contribution in [0.15, 0.2) is 18.2 Å². The number of hydrogen-bond acceptors (Lipinski definition) is 4. The maximum atomic E-state index is 12.3. The maximum Gasteiger partial charge on any atom is 0.259 e. The van der Waals surface area contributed by atoms with Crippen molar-refractivity contribution in [2.75, 3.05) is 5.32 Å². The van der Waals surface area contributed by atoms with E-state index >= 15 is 0 Å². The van der Waals surface area contributed by atoms with Crippen LogP contribution in [-0.2, 0) is 6.42 Å². The molecule has 0 fully saturated rings. The van der Waals surface area contributed by atoms with Crippen LogP contribution in [0.4, 0.5) is 5.13 Å². The largest absolute Gasteiger partial charge is 0.298 e. The second-order valence-electron chi connectivity index (χ2n) is 6.31. The van der Waals surface area contributed by atoms with Gasteiger partial charge in [-0.1, -0.05) is 48.4 Å². The number of benzene rings is 1. The minimum Gasteiger partial charge on any atom is -0.298 e. The van der Waals surface area contributed by atoms with Crippen LogP contribution in [0.25, 0.3) is 0 Å². The number of carbonyl (C=O) groups is 2. The number of hydrogen-bond donors (Lipinski definition) is 1. The van der Waals surface area contributed by atoms with E-state index < -0.39 is 5.91 Å². The average Bonchev–Trinajstić information content (AvgIpc) is 2.82. The molecule has 0 spiro atoms. The molecule has 1 N–H and O–H groups in total. The van der Waals surface area contributed by atoms with Gasteiger partial charge in [0.15, 0.2) is 10.9 Å². The van der Waals surface area contributed by atoms with Gasteiger partial charge in [0.2, 0.25) is 0 Å². The summed E-state index contributed by atoms with van der Waals surface area (Å²) in [6.07, 6.45) is 1.22. The maximum absolute atomic E-state index is 12.3. The summed E-state index contributed by atoms with van der Waals surface area (Å²) in [6, 6.07) is 4.68. The van der Waals surface area contributed by atoms with E-state index in [-0.39, 0.29) is 16.8 Å². The number of ketones is 1. The molecule has 1 aliphatic carbocycles. The van der Waals surface area contributed by atoms with E-state index in [1.165, 1.54) is 17.4 Å². The molecule has 2 aromatic rings. The summed E-state index contributed by atoms with van der Waals surface area (Å²) in [4.78, 5) is 29.6. The summed E-state index contributed by atoms with van der Waals surface area (Å²) in [6.45, 7) is 4.08. The van der Waals surface area contributed by atoms with Crippen molar-refractivity contribution in [2.45, 2.75) is 26.7 Å². The van der Waals surface area contributed by atoms with E-state index in [0.29, 0.717) is 26.5 Å². The zero-order valence-corrected chi connectivity index (χ0v) is 14.9. The van der Waals surface area contributed by atoms with Gasteiger partial charge in [-0.25, -0.2) is 4.98 Å². The molecule has 1 amide bonds. The highest BCUT2D eigenvalue weighted by molar-refractivity contribution is 7.17. The highest BCUT2D eigenvalue weighted by atomic mass is 35.5. The lowest BCUT2D eigenvalue weighted by Gasteiger charge is -2.26. The molecule has 4 nitrogen and oxygen atoms in total. The number of thiazole rings is 1.